The molecule has 0 N–H and O–H groups in total. The van der Waals surface area contributed by atoms with Crippen LogP contribution in [0.1, 0.15) is 11.1 Å². The van der Waals surface area contributed by atoms with Gasteiger partial charge in [-0.1, -0.05) is 60.7 Å². The second-order valence-corrected chi connectivity index (χ2v) is 5.11. The van der Waals surface area contributed by atoms with E-state index in [4.69, 9.17) is 0 Å². The van der Waals surface area contributed by atoms with Crippen LogP contribution in [0.5, 0.6) is 0 Å². The summed E-state index contributed by atoms with van der Waals surface area (Å²) in [5.74, 6) is -0.535. The number of carbonyl (C=O) groups excluding carboxylic acids is 2. The minimum absolute atomic E-state index is 0.268. The second kappa shape index (κ2) is 5.82. The summed E-state index contributed by atoms with van der Waals surface area (Å²) in [6.45, 7) is 0. The molecule has 3 heteroatoms. The molecule has 0 saturated carbocycles. The number of imide groups is 1. The Hall–Kier alpha value is -2.94. The predicted octanol–water partition coefficient (Wildman–Crippen LogP) is 3.15. The number of likely N-dealkylation sites (tertiary alicyclic amines) is 1. The third-order valence-electron chi connectivity index (χ3n) is 3.58. The Morgan fingerprint density at radius 2 is 1.05 bits per heavy atom. The average Bonchev–Trinajstić information content (AvgIpc) is 2.75. The molecule has 2 amide bonds. The molecule has 1 fully saturated rings. The summed E-state index contributed by atoms with van der Waals surface area (Å²) < 4.78 is 0. The van der Waals surface area contributed by atoms with Gasteiger partial charge in [0, 0.05) is 7.05 Å². The van der Waals surface area contributed by atoms with E-state index in [0.29, 0.717) is 11.1 Å². The van der Waals surface area contributed by atoms with E-state index in [1.54, 1.807) is 12.2 Å². The van der Waals surface area contributed by atoms with E-state index in [-0.39, 0.29) is 11.8 Å². The number of hydrogen-bond acceptors (Lipinski definition) is 2. The molecule has 108 valence electrons. The van der Waals surface area contributed by atoms with Gasteiger partial charge in [0.25, 0.3) is 11.8 Å². The molecular weight excluding hydrogens is 274 g/mol. The number of hydrogen-bond donors (Lipinski definition) is 0. The lowest BCUT2D eigenvalue weighted by Gasteiger charge is -2.01. The van der Waals surface area contributed by atoms with Crippen LogP contribution in [0, 0.1) is 0 Å². The van der Waals surface area contributed by atoms with Crippen molar-refractivity contribution >= 4 is 24.0 Å². The first-order chi connectivity index (χ1) is 10.7. The topological polar surface area (TPSA) is 37.4 Å². The molecule has 3 rings (SSSR count). The van der Waals surface area contributed by atoms with Crippen LogP contribution in [0.2, 0.25) is 0 Å². The highest BCUT2D eigenvalue weighted by molar-refractivity contribution is 6.27. The number of likely N-dealkylation sites (N-methyl/N-ethyl adjacent to an activating group) is 1. The predicted molar refractivity (Wildman–Crippen MR) is 86.6 cm³/mol. The monoisotopic (exact) mass is 289 g/mol. The second-order valence-electron chi connectivity index (χ2n) is 5.11. The molecule has 22 heavy (non-hydrogen) atoms. The van der Waals surface area contributed by atoms with E-state index >= 15 is 0 Å². The first-order valence-corrected chi connectivity index (χ1v) is 7.03. The Kier molecular flexibility index (Phi) is 3.71. The van der Waals surface area contributed by atoms with Gasteiger partial charge in [0.1, 0.15) is 0 Å². The smallest absolute Gasteiger partial charge is 0.261 e. The van der Waals surface area contributed by atoms with Gasteiger partial charge in [-0.15, -0.1) is 0 Å². The standard InChI is InChI=1S/C19H15NO2/c1-20-18(21)16(12-14-8-4-2-5-9-14)17(19(20)22)13-15-10-6-3-7-11-15/h2-13H,1H3. The summed E-state index contributed by atoms with van der Waals surface area (Å²) in [5, 5.41) is 0. The lowest BCUT2D eigenvalue weighted by molar-refractivity contribution is -0.134. The molecule has 1 saturated heterocycles. The molecule has 0 aromatic heterocycles. The molecule has 0 radical (unpaired) electrons. The van der Waals surface area contributed by atoms with Gasteiger partial charge in [-0.25, -0.2) is 0 Å². The fourth-order valence-electron chi connectivity index (χ4n) is 2.39. The molecule has 2 aromatic carbocycles. The molecule has 0 unspecified atom stereocenters. The zero-order valence-corrected chi connectivity index (χ0v) is 12.2. The minimum Gasteiger partial charge on any atom is -0.277 e. The third-order valence-corrected chi connectivity index (χ3v) is 3.58. The first kappa shape index (κ1) is 14.0. The van der Waals surface area contributed by atoms with Crippen molar-refractivity contribution in [1.29, 1.82) is 0 Å². The molecule has 0 spiro atoms. The third kappa shape index (κ3) is 2.61. The summed E-state index contributed by atoms with van der Waals surface area (Å²) in [7, 11) is 1.51. The average molecular weight is 289 g/mol. The molecule has 0 aliphatic carbocycles. The lowest BCUT2D eigenvalue weighted by Crippen LogP contribution is -2.24. The number of rotatable bonds is 2. The van der Waals surface area contributed by atoms with Crippen LogP contribution in [-0.4, -0.2) is 23.8 Å². The SMILES string of the molecule is CN1C(=O)C(=Cc2ccccc2)C(=Cc2ccccc2)C1=O. The normalized spacial score (nSPS) is 18.5. The van der Waals surface area contributed by atoms with Gasteiger partial charge >= 0.3 is 0 Å². The fraction of sp³-hybridized carbons (Fsp3) is 0.0526. The Labute approximate surface area is 129 Å². The summed E-state index contributed by atoms with van der Waals surface area (Å²) in [5.41, 5.74) is 2.66. The Balaban J connectivity index is 2.09. The zero-order valence-electron chi connectivity index (χ0n) is 12.2. The van der Waals surface area contributed by atoms with E-state index in [1.807, 2.05) is 60.7 Å². The van der Waals surface area contributed by atoms with E-state index in [0.717, 1.165) is 16.0 Å². The van der Waals surface area contributed by atoms with E-state index < -0.39 is 0 Å². The Morgan fingerprint density at radius 3 is 1.41 bits per heavy atom. The number of benzene rings is 2. The van der Waals surface area contributed by atoms with Crippen molar-refractivity contribution in [2.75, 3.05) is 7.05 Å². The highest BCUT2D eigenvalue weighted by Gasteiger charge is 2.35. The van der Waals surface area contributed by atoms with Crippen molar-refractivity contribution in [1.82, 2.24) is 4.90 Å². The lowest BCUT2D eigenvalue weighted by atomic mass is 10.0. The van der Waals surface area contributed by atoms with Crippen LogP contribution in [-0.2, 0) is 9.59 Å². The summed E-state index contributed by atoms with van der Waals surface area (Å²) in [4.78, 5) is 25.8. The van der Waals surface area contributed by atoms with Crippen LogP contribution in [0.4, 0.5) is 0 Å². The van der Waals surface area contributed by atoms with Crippen molar-refractivity contribution < 1.29 is 9.59 Å². The van der Waals surface area contributed by atoms with Gasteiger partial charge in [-0.2, -0.15) is 0 Å². The molecule has 2 aromatic rings. The molecule has 1 aliphatic heterocycles. The van der Waals surface area contributed by atoms with Gasteiger partial charge in [0.15, 0.2) is 0 Å². The highest BCUT2D eigenvalue weighted by Crippen LogP contribution is 2.27. The van der Waals surface area contributed by atoms with Crippen LogP contribution < -0.4 is 0 Å². The van der Waals surface area contributed by atoms with Crippen molar-refractivity contribution in [3.63, 3.8) is 0 Å². The van der Waals surface area contributed by atoms with Crippen molar-refractivity contribution in [2.24, 2.45) is 0 Å². The van der Waals surface area contributed by atoms with E-state index in [1.165, 1.54) is 7.05 Å². The van der Waals surface area contributed by atoms with Crippen molar-refractivity contribution in [3.8, 4) is 0 Å². The molecule has 0 bridgehead atoms. The van der Waals surface area contributed by atoms with Crippen LogP contribution >= 0.6 is 0 Å². The van der Waals surface area contributed by atoms with Crippen LogP contribution in [0.25, 0.3) is 12.2 Å². The maximum absolute atomic E-state index is 12.3. The summed E-state index contributed by atoms with van der Waals surface area (Å²) >= 11 is 0. The van der Waals surface area contributed by atoms with E-state index in [9.17, 15) is 9.59 Å². The summed E-state index contributed by atoms with van der Waals surface area (Å²) in [6.07, 6.45) is 3.52. The highest BCUT2D eigenvalue weighted by atomic mass is 16.2. The number of nitrogens with zero attached hydrogens (tertiary/aromatic N) is 1. The van der Waals surface area contributed by atoms with Gasteiger partial charge in [-0.3, -0.25) is 14.5 Å². The van der Waals surface area contributed by atoms with Crippen molar-refractivity contribution in [3.05, 3.63) is 82.9 Å². The van der Waals surface area contributed by atoms with E-state index in [2.05, 4.69) is 0 Å². The largest absolute Gasteiger partial charge is 0.277 e. The molecule has 3 nitrogen and oxygen atoms in total. The Morgan fingerprint density at radius 1 is 0.682 bits per heavy atom. The number of carbonyl (C=O) groups is 2. The maximum atomic E-state index is 12.3. The number of amides is 2. The molecule has 1 aliphatic rings. The van der Waals surface area contributed by atoms with Crippen LogP contribution in [0.15, 0.2) is 71.8 Å². The molecular formula is C19H15NO2. The minimum atomic E-state index is -0.268. The maximum Gasteiger partial charge on any atom is 0.261 e. The molecule has 1 heterocycles. The van der Waals surface area contributed by atoms with Gasteiger partial charge in [0.05, 0.1) is 11.1 Å². The molecule has 0 atom stereocenters. The Bertz CT molecular complexity index is 706. The van der Waals surface area contributed by atoms with Gasteiger partial charge in [-0.05, 0) is 23.3 Å². The van der Waals surface area contributed by atoms with Crippen molar-refractivity contribution in [2.45, 2.75) is 0 Å². The quantitative estimate of drug-likeness (QED) is 0.629. The first-order valence-electron chi connectivity index (χ1n) is 7.03. The van der Waals surface area contributed by atoms with Gasteiger partial charge < -0.3 is 0 Å². The van der Waals surface area contributed by atoms with Gasteiger partial charge in [0.2, 0.25) is 0 Å². The summed E-state index contributed by atoms with van der Waals surface area (Å²) in [6, 6.07) is 19.1. The van der Waals surface area contributed by atoms with Crippen LogP contribution in [0.3, 0.4) is 0 Å². The fourth-order valence-corrected chi connectivity index (χ4v) is 2.39. The zero-order chi connectivity index (χ0) is 15.5.